The number of Topliss-reactive ketones (excluding diaryl/α,β-unsaturated/α-hetero) is 1. The van der Waals surface area contributed by atoms with Crippen LogP contribution >= 0.6 is 23.2 Å². The third kappa shape index (κ3) is 3.43. The van der Waals surface area contributed by atoms with Crippen LogP contribution in [0.5, 0.6) is 0 Å². The van der Waals surface area contributed by atoms with Crippen molar-refractivity contribution in [1.29, 1.82) is 0 Å². The van der Waals surface area contributed by atoms with Crippen molar-refractivity contribution in [2.45, 2.75) is 32.7 Å². The Morgan fingerprint density at radius 1 is 1.07 bits per heavy atom. The fourth-order valence-electron chi connectivity index (χ4n) is 4.00. The van der Waals surface area contributed by atoms with Crippen LogP contribution in [-0.2, 0) is 4.79 Å². The maximum Gasteiger partial charge on any atom is 0.163 e. The molecule has 2 aromatic carbocycles. The number of anilines is 2. The van der Waals surface area contributed by atoms with Crippen molar-refractivity contribution < 1.29 is 9.59 Å². The molecule has 1 aliphatic heterocycles. The minimum Gasteiger partial charge on any atom is -0.372 e. The summed E-state index contributed by atoms with van der Waals surface area (Å²) in [6, 6.07) is 10.3. The standard InChI is InChI=1S/C22H20Cl2N2O2/c1-22(2)9-18-20(19(28)10-22)21(14-5-4-13(23)8-15(14)24)26-16-6-3-12(11-27)7-17(16)25-18/h3-8,11,21,25-26H,9-10H2,1-2H3. The smallest absolute Gasteiger partial charge is 0.163 e. The molecular weight excluding hydrogens is 395 g/mol. The van der Waals surface area contributed by atoms with Crippen LogP contribution in [0.25, 0.3) is 0 Å². The summed E-state index contributed by atoms with van der Waals surface area (Å²) < 4.78 is 0. The number of aldehydes is 1. The first kappa shape index (κ1) is 19.0. The molecule has 2 aromatic rings. The monoisotopic (exact) mass is 414 g/mol. The molecule has 1 atom stereocenters. The van der Waals surface area contributed by atoms with Gasteiger partial charge in [0.15, 0.2) is 5.78 Å². The third-order valence-corrected chi connectivity index (χ3v) is 5.81. The van der Waals surface area contributed by atoms with Crippen LogP contribution in [0.15, 0.2) is 47.7 Å². The van der Waals surface area contributed by atoms with Gasteiger partial charge in [-0.3, -0.25) is 9.59 Å². The Hall–Kier alpha value is -2.30. The average Bonchev–Trinajstić information content (AvgIpc) is 2.76. The number of ketones is 1. The first-order valence-electron chi connectivity index (χ1n) is 9.11. The number of benzene rings is 2. The van der Waals surface area contributed by atoms with E-state index < -0.39 is 6.04 Å². The van der Waals surface area contributed by atoms with E-state index in [-0.39, 0.29) is 11.2 Å². The minimum absolute atomic E-state index is 0.0886. The number of nitrogens with one attached hydrogen (secondary N) is 2. The van der Waals surface area contributed by atoms with Crippen LogP contribution in [0.1, 0.15) is 48.7 Å². The zero-order chi connectivity index (χ0) is 20.1. The number of hydrogen-bond donors (Lipinski definition) is 2. The van der Waals surface area contributed by atoms with Gasteiger partial charge < -0.3 is 10.6 Å². The second-order valence-electron chi connectivity index (χ2n) is 8.12. The van der Waals surface area contributed by atoms with Gasteiger partial charge in [-0.15, -0.1) is 0 Å². The van der Waals surface area contributed by atoms with E-state index in [1.807, 2.05) is 12.1 Å². The summed E-state index contributed by atoms with van der Waals surface area (Å²) in [6.07, 6.45) is 2.00. The Labute approximate surface area is 173 Å². The average molecular weight is 415 g/mol. The van der Waals surface area contributed by atoms with Crippen LogP contribution in [0.4, 0.5) is 11.4 Å². The van der Waals surface area contributed by atoms with E-state index in [1.165, 1.54) is 0 Å². The zero-order valence-electron chi connectivity index (χ0n) is 15.6. The fraction of sp³-hybridized carbons (Fsp3) is 0.273. The summed E-state index contributed by atoms with van der Waals surface area (Å²) in [6.45, 7) is 4.17. The molecule has 6 heteroatoms. The molecule has 0 saturated carbocycles. The summed E-state index contributed by atoms with van der Waals surface area (Å²) in [5.41, 5.74) is 4.35. The Morgan fingerprint density at radius 3 is 2.57 bits per heavy atom. The molecule has 2 aliphatic rings. The molecule has 0 fully saturated rings. The molecule has 1 aliphatic carbocycles. The molecule has 144 valence electrons. The van der Waals surface area contributed by atoms with Gasteiger partial charge >= 0.3 is 0 Å². The molecular formula is C22H20Cl2N2O2. The van der Waals surface area contributed by atoms with Gasteiger partial charge in [-0.05, 0) is 47.7 Å². The molecule has 0 spiro atoms. The predicted octanol–water partition coefficient (Wildman–Crippen LogP) is 6.03. The lowest BCUT2D eigenvalue weighted by Crippen LogP contribution is -2.31. The highest BCUT2D eigenvalue weighted by Gasteiger charge is 2.39. The lowest BCUT2D eigenvalue weighted by atomic mass is 9.73. The van der Waals surface area contributed by atoms with E-state index in [9.17, 15) is 9.59 Å². The van der Waals surface area contributed by atoms with E-state index in [0.717, 1.165) is 35.3 Å². The molecule has 1 heterocycles. The number of allylic oxidation sites excluding steroid dienone is 1. The number of fused-ring (bicyclic) bond motifs is 1. The van der Waals surface area contributed by atoms with Crippen LogP contribution < -0.4 is 10.6 Å². The highest BCUT2D eigenvalue weighted by atomic mass is 35.5. The van der Waals surface area contributed by atoms with Crippen LogP contribution in [-0.4, -0.2) is 12.1 Å². The van der Waals surface area contributed by atoms with Gasteiger partial charge in [0.2, 0.25) is 0 Å². The number of hydrogen-bond acceptors (Lipinski definition) is 4. The number of halogens is 2. The van der Waals surface area contributed by atoms with Crippen molar-refractivity contribution in [2.24, 2.45) is 5.41 Å². The molecule has 0 bridgehead atoms. The van der Waals surface area contributed by atoms with Crippen molar-refractivity contribution in [2.75, 3.05) is 10.6 Å². The van der Waals surface area contributed by atoms with E-state index in [4.69, 9.17) is 23.2 Å². The predicted molar refractivity (Wildman–Crippen MR) is 113 cm³/mol. The second kappa shape index (κ2) is 6.94. The molecule has 4 nitrogen and oxygen atoms in total. The summed E-state index contributed by atoms with van der Waals surface area (Å²) in [5.74, 6) is 0.0886. The summed E-state index contributed by atoms with van der Waals surface area (Å²) in [5, 5.41) is 7.93. The van der Waals surface area contributed by atoms with Crippen molar-refractivity contribution in [3.63, 3.8) is 0 Å². The number of rotatable bonds is 2. The SMILES string of the molecule is CC1(C)CC(=O)C2=C(C1)Nc1cc(C=O)ccc1NC2c1ccc(Cl)cc1Cl. The minimum atomic E-state index is -0.404. The number of carbonyl (C=O) groups excluding carboxylic acids is 2. The van der Waals surface area contributed by atoms with Gasteiger partial charge in [-0.1, -0.05) is 43.1 Å². The van der Waals surface area contributed by atoms with Crippen LogP contribution in [0, 0.1) is 5.41 Å². The lowest BCUT2D eigenvalue weighted by Gasteiger charge is -2.34. The molecule has 2 N–H and O–H groups in total. The van der Waals surface area contributed by atoms with Gasteiger partial charge in [0, 0.05) is 33.3 Å². The first-order valence-corrected chi connectivity index (χ1v) is 9.87. The molecule has 0 saturated heterocycles. The molecule has 1 unspecified atom stereocenters. The lowest BCUT2D eigenvalue weighted by molar-refractivity contribution is -0.118. The maximum absolute atomic E-state index is 13.2. The maximum atomic E-state index is 13.2. The topological polar surface area (TPSA) is 58.2 Å². The molecule has 0 amide bonds. The Bertz CT molecular complexity index is 1030. The zero-order valence-corrected chi connectivity index (χ0v) is 17.1. The fourth-order valence-corrected chi connectivity index (χ4v) is 4.52. The van der Waals surface area contributed by atoms with Gasteiger partial charge in [-0.2, -0.15) is 0 Å². The molecule has 4 rings (SSSR count). The van der Waals surface area contributed by atoms with Gasteiger partial charge in [0.05, 0.1) is 17.4 Å². The third-order valence-electron chi connectivity index (χ3n) is 5.25. The molecule has 0 radical (unpaired) electrons. The van der Waals surface area contributed by atoms with Crippen molar-refractivity contribution in [3.05, 3.63) is 68.8 Å². The van der Waals surface area contributed by atoms with Crippen molar-refractivity contribution in [3.8, 4) is 0 Å². The Kier molecular flexibility index (Phi) is 4.72. The normalized spacial score (nSPS) is 20.4. The molecule has 0 aromatic heterocycles. The highest BCUT2D eigenvalue weighted by Crippen LogP contribution is 2.46. The summed E-state index contributed by atoms with van der Waals surface area (Å²) in [7, 11) is 0. The van der Waals surface area contributed by atoms with Crippen molar-refractivity contribution >= 4 is 46.6 Å². The van der Waals surface area contributed by atoms with E-state index in [1.54, 1.807) is 24.3 Å². The van der Waals surface area contributed by atoms with Crippen LogP contribution in [0.3, 0.4) is 0 Å². The first-order chi connectivity index (χ1) is 13.3. The van der Waals surface area contributed by atoms with E-state index in [0.29, 0.717) is 27.6 Å². The van der Waals surface area contributed by atoms with E-state index >= 15 is 0 Å². The largest absolute Gasteiger partial charge is 0.372 e. The molecule has 28 heavy (non-hydrogen) atoms. The highest BCUT2D eigenvalue weighted by molar-refractivity contribution is 6.35. The quantitative estimate of drug-likeness (QED) is 0.589. The Morgan fingerprint density at radius 2 is 1.86 bits per heavy atom. The van der Waals surface area contributed by atoms with Gasteiger partial charge in [0.1, 0.15) is 6.29 Å². The number of carbonyl (C=O) groups is 2. The Balaban J connectivity index is 1.92. The van der Waals surface area contributed by atoms with Crippen molar-refractivity contribution in [1.82, 2.24) is 0 Å². The second-order valence-corrected chi connectivity index (χ2v) is 8.97. The summed E-state index contributed by atoms with van der Waals surface area (Å²) >= 11 is 12.6. The van der Waals surface area contributed by atoms with Gasteiger partial charge in [-0.25, -0.2) is 0 Å². The van der Waals surface area contributed by atoms with Crippen LogP contribution in [0.2, 0.25) is 10.0 Å². The summed E-state index contributed by atoms with van der Waals surface area (Å²) in [4.78, 5) is 24.4. The van der Waals surface area contributed by atoms with E-state index in [2.05, 4.69) is 24.5 Å². The van der Waals surface area contributed by atoms with Gasteiger partial charge in [0.25, 0.3) is 0 Å².